The summed E-state index contributed by atoms with van der Waals surface area (Å²) in [6, 6.07) is 13.5. The van der Waals surface area contributed by atoms with Gasteiger partial charge < -0.3 is 15.0 Å². The summed E-state index contributed by atoms with van der Waals surface area (Å²) >= 11 is 0. The third-order valence-electron chi connectivity index (χ3n) is 4.55. The number of urea groups is 1. The zero-order valence-corrected chi connectivity index (χ0v) is 14.6. The van der Waals surface area contributed by atoms with E-state index in [4.69, 9.17) is 11.2 Å². The van der Waals surface area contributed by atoms with Gasteiger partial charge >= 0.3 is 6.03 Å². The Kier molecular flexibility index (Phi) is 5.43. The average Bonchev–Trinajstić information content (AvgIpc) is 3.07. The average molecular weight is 352 g/mol. The van der Waals surface area contributed by atoms with Gasteiger partial charge in [0.05, 0.1) is 13.2 Å². The summed E-state index contributed by atoms with van der Waals surface area (Å²) in [5.74, 6) is 3.15. The maximum absolute atomic E-state index is 13.1. The molecular weight excluding hydrogens is 331 g/mol. The molecule has 5 heteroatoms. The van der Waals surface area contributed by atoms with E-state index in [1.165, 1.54) is 17.0 Å². The minimum Gasteiger partial charge on any atom is -0.493 e. The van der Waals surface area contributed by atoms with E-state index >= 15 is 0 Å². The number of halogens is 1. The van der Waals surface area contributed by atoms with Crippen molar-refractivity contribution in [1.82, 2.24) is 10.2 Å². The van der Waals surface area contributed by atoms with Gasteiger partial charge in [0.15, 0.2) is 0 Å². The first-order valence-corrected chi connectivity index (χ1v) is 8.53. The highest BCUT2D eigenvalue weighted by Gasteiger charge is 2.30. The molecule has 1 heterocycles. The van der Waals surface area contributed by atoms with Crippen molar-refractivity contribution in [3.05, 3.63) is 65.5 Å². The molecule has 3 rings (SSSR count). The number of carbonyl (C=O) groups excluding carboxylic acids is 1. The van der Waals surface area contributed by atoms with Crippen LogP contribution < -0.4 is 10.1 Å². The van der Waals surface area contributed by atoms with E-state index < -0.39 is 0 Å². The van der Waals surface area contributed by atoms with Crippen LogP contribution in [0.5, 0.6) is 5.75 Å². The third kappa shape index (κ3) is 3.97. The second-order valence-electron chi connectivity index (χ2n) is 6.38. The quantitative estimate of drug-likeness (QED) is 0.837. The number of benzene rings is 2. The van der Waals surface area contributed by atoms with Crippen molar-refractivity contribution in [2.45, 2.75) is 25.4 Å². The van der Waals surface area contributed by atoms with Crippen LogP contribution in [0.25, 0.3) is 0 Å². The van der Waals surface area contributed by atoms with Crippen molar-refractivity contribution in [2.75, 3.05) is 13.2 Å². The predicted molar refractivity (Wildman–Crippen MR) is 98.3 cm³/mol. The molecule has 0 fully saturated rings. The smallest absolute Gasteiger partial charge is 0.318 e. The van der Waals surface area contributed by atoms with E-state index in [2.05, 4.69) is 11.2 Å². The van der Waals surface area contributed by atoms with E-state index in [1.54, 1.807) is 12.1 Å². The number of rotatable bonds is 5. The van der Waals surface area contributed by atoms with Crippen LogP contribution in [0.1, 0.15) is 24.0 Å². The molecule has 1 aliphatic rings. The summed E-state index contributed by atoms with van der Waals surface area (Å²) in [4.78, 5) is 14.2. The molecule has 2 amide bonds. The van der Waals surface area contributed by atoms with Crippen LogP contribution in [0.4, 0.5) is 9.18 Å². The minimum absolute atomic E-state index is 0.0913. The highest BCUT2D eigenvalue weighted by atomic mass is 19.1. The van der Waals surface area contributed by atoms with Gasteiger partial charge in [0, 0.05) is 24.1 Å². The van der Waals surface area contributed by atoms with Gasteiger partial charge in [-0.2, -0.15) is 0 Å². The van der Waals surface area contributed by atoms with E-state index in [1.807, 2.05) is 31.2 Å². The number of para-hydroxylation sites is 1. The zero-order chi connectivity index (χ0) is 18.5. The van der Waals surface area contributed by atoms with Gasteiger partial charge in [-0.05, 0) is 30.7 Å². The predicted octanol–water partition coefficient (Wildman–Crippen LogP) is 3.54. The summed E-state index contributed by atoms with van der Waals surface area (Å²) in [6.45, 7) is 2.99. The second kappa shape index (κ2) is 7.92. The maximum atomic E-state index is 13.1. The summed E-state index contributed by atoms with van der Waals surface area (Å²) in [6.07, 6.45) is 5.41. The number of hydrogen-bond acceptors (Lipinski definition) is 2. The van der Waals surface area contributed by atoms with Gasteiger partial charge in [0.2, 0.25) is 0 Å². The summed E-state index contributed by atoms with van der Waals surface area (Å²) in [7, 11) is 0. The summed E-state index contributed by atoms with van der Waals surface area (Å²) in [5.41, 5.74) is 1.92. The van der Waals surface area contributed by atoms with Crippen molar-refractivity contribution in [3.8, 4) is 18.1 Å². The topological polar surface area (TPSA) is 41.6 Å². The van der Waals surface area contributed by atoms with E-state index in [-0.39, 0.29) is 30.4 Å². The molecule has 0 spiro atoms. The number of nitrogens with one attached hydrogen (secondary N) is 1. The Morgan fingerprint density at radius 1 is 1.35 bits per heavy atom. The lowest BCUT2D eigenvalue weighted by atomic mass is 9.94. The van der Waals surface area contributed by atoms with Gasteiger partial charge in [-0.1, -0.05) is 36.3 Å². The monoisotopic (exact) mass is 352 g/mol. The molecule has 0 bridgehead atoms. The zero-order valence-electron chi connectivity index (χ0n) is 14.6. The minimum atomic E-state index is -0.310. The molecule has 0 saturated carbocycles. The number of terminal acetylenes is 1. The van der Waals surface area contributed by atoms with Crippen LogP contribution in [0.3, 0.4) is 0 Å². The molecule has 0 aromatic heterocycles. The molecule has 0 aliphatic carbocycles. The highest BCUT2D eigenvalue weighted by molar-refractivity contribution is 5.75. The third-order valence-corrected chi connectivity index (χ3v) is 4.55. The standard InChI is InChI=1S/C21H21FN2O2/c1-3-12-24(13-16-8-10-17(22)11-9-16)21(25)23-15(2)19-14-26-20-7-5-4-6-18(19)20/h1,4-11,15,19H,12-14H2,2H3,(H,23,25)/t15-,19-/m1/s1. The lowest BCUT2D eigenvalue weighted by Crippen LogP contribution is -2.46. The Balaban J connectivity index is 1.66. The highest BCUT2D eigenvalue weighted by Crippen LogP contribution is 2.35. The number of amides is 2. The van der Waals surface area contributed by atoms with Crippen LogP contribution >= 0.6 is 0 Å². The Bertz CT molecular complexity index is 814. The van der Waals surface area contributed by atoms with Crippen LogP contribution in [-0.2, 0) is 6.54 Å². The fourth-order valence-corrected chi connectivity index (χ4v) is 3.11. The van der Waals surface area contributed by atoms with E-state index in [9.17, 15) is 9.18 Å². The van der Waals surface area contributed by atoms with Crippen molar-refractivity contribution >= 4 is 6.03 Å². The Hall–Kier alpha value is -3.00. The Morgan fingerprint density at radius 2 is 2.08 bits per heavy atom. The molecule has 0 unspecified atom stereocenters. The molecule has 134 valence electrons. The Morgan fingerprint density at radius 3 is 2.81 bits per heavy atom. The van der Waals surface area contributed by atoms with Gasteiger partial charge in [0.1, 0.15) is 11.6 Å². The van der Waals surface area contributed by atoms with E-state index in [0.717, 1.165) is 16.9 Å². The number of nitrogens with zero attached hydrogens (tertiary/aromatic N) is 1. The van der Waals surface area contributed by atoms with Crippen LogP contribution in [0.15, 0.2) is 48.5 Å². The largest absolute Gasteiger partial charge is 0.493 e. The molecule has 2 atom stereocenters. The number of ether oxygens (including phenoxy) is 1. The van der Waals surface area contributed by atoms with Crippen molar-refractivity contribution in [3.63, 3.8) is 0 Å². The molecule has 0 radical (unpaired) electrons. The molecule has 0 saturated heterocycles. The molecule has 2 aromatic carbocycles. The van der Waals surface area contributed by atoms with Gasteiger partial charge in [-0.25, -0.2) is 9.18 Å². The lowest BCUT2D eigenvalue weighted by Gasteiger charge is -2.26. The number of carbonyl (C=O) groups is 1. The van der Waals surface area contributed by atoms with Crippen LogP contribution in [-0.4, -0.2) is 30.1 Å². The second-order valence-corrected chi connectivity index (χ2v) is 6.38. The maximum Gasteiger partial charge on any atom is 0.318 e. The van der Waals surface area contributed by atoms with Crippen LogP contribution in [0, 0.1) is 18.2 Å². The van der Waals surface area contributed by atoms with Crippen molar-refractivity contribution in [2.24, 2.45) is 0 Å². The summed E-state index contributed by atoms with van der Waals surface area (Å²) < 4.78 is 18.8. The molecule has 2 aromatic rings. The van der Waals surface area contributed by atoms with E-state index in [0.29, 0.717) is 13.2 Å². The van der Waals surface area contributed by atoms with Gasteiger partial charge in [0.25, 0.3) is 0 Å². The fraction of sp³-hybridized carbons (Fsp3) is 0.286. The summed E-state index contributed by atoms with van der Waals surface area (Å²) in [5, 5.41) is 3.02. The van der Waals surface area contributed by atoms with Crippen molar-refractivity contribution < 1.29 is 13.9 Å². The molecule has 4 nitrogen and oxygen atoms in total. The van der Waals surface area contributed by atoms with Crippen LogP contribution in [0.2, 0.25) is 0 Å². The first-order valence-electron chi connectivity index (χ1n) is 8.53. The first kappa shape index (κ1) is 17.8. The molecule has 26 heavy (non-hydrogen) atoms. The molecular formula is C21H21FN2O2. The van der Waals surface area contributed by atoms with Gasteiger partial charge in [-0.15, -0.1) is 6.42 Å². The van der Waals surface area contributed by atoms with Crippen molar-refractivity contribution in [1.29, 1.82) is 0 Å². The number of hydrogen-bond donors (Lipinski definition) is 1. The SMILES string of the molecule is C#CCN(Cc1ccc(F)cc1)C(=O)N[C@H](C)[C@H]1COc2ccccc21. The lowest BCUT2D eigenvalue weighted by molar-refractivity contribution is 0.195. The number of fused-ring (bicyclic) bond motifs is 1. The molecule has 1 N–H and O–H groups in total. The first-order chi connectivity index (χ1) is 12.6. The fourth-order valence-electron chi connectivity index (χ4n) is 3.11. The normalized spacial score (nSPS) is 16.1. The van der Waals surface area contributed by atoms with Gasteiger partial charge in [-0.3, -0.25) is 0 Å². The Labute approximate surface area is 153 Å². The molecule has 1 aliphatic heterocycles.